The molecule has 4 nitrogen and oxygen atoms in total. The van der Waals surface area contributed by atoms with Gasteiger partial charge in [-0.05, 0) is 44.2 Å². The standard InChI is InChI=1S/C17H26N2O2/c1-13(14-6-10-18-16(11-14)20-2)19-12-15-5-9-17(21-15)7-3-4-8-17/h6,10-11,13,15,19H,3-5,7-9,12H2,1-2H3. The van der Waals surface area contributed by atoms with E-state index in [0.717, 1.165) is 6.54 Å². The Kier molecular flexibility index (Phi) is 4.45. The van der Waals surface area contributed by atoms with Crippen LogP contribution in [0.2, 0.25) is 0 Å². The monoisotopic (exact) mass is 290 g/mol. The van der Waals surface area contributed by atoms with E-state index in [1.54, 1.807) is 13.3 Å². The Balaban J connectivity index is 1.50. The van der Waals surface area contributed by atoms with Crippen LogP contribution in [0.3, 0.4) is 0 Å². The Hall–Kier alpha value is -1.13. The summed E-state index contributed by atoms with van der Waals surface area (Å²) in [6.45, 7) is 3.10. The molecule has 3 rings (SSSR count). The topological polar surface area (TPSA) is 43.4 Å². The van der Waals surface area contributed by atoms with E-state index < -0.39 is 0 Å². The average molecular weight is 290 g/mol. The number of rotatable bonds is 5. The van der Waals surface area contributed by atoms with Crippen LogP contribution < -0.4 is 10.1 Å². The molecule has 1 aromatic rings. The normalized spacial score (nSPS) is 25.3. The van der Waals surface area contributed by atoms with Crippen molar-refractivity contribution in [2.24, 2.45) is 0 Å². The number of methoxy groups -OCH3 is 1. The predicted molar refractivity (Wildman–Crippen MR) is 82.5 cm³/mol. The van der Waals surface area contributed by atoms with Crippen molar-refractivity contribution >= 4 is 0 Å². The molecule has 1 saturated carbocycles. The zero-order chi connectivity index (χ0) is 14.7. The molecule has 1 aliphatic heterocycles. The molecule has 21 heavy (non-hydrogen) atoms. The van der Waals surface area contributed by atoms with E-state index in [2.05, 4.69) is 17.2 Å². The Labute approximate surface area is 127 Å². The lowest BCUT2D eigenvalue weighted by Crippen LogP contribution is -2.32. The smallest absolute Gasteiger partial charge is 0.213 e. The lowest BCUT2D eigenvalue weighted by atomic mass is 9.98. The summed E-state index contributed by atoms with van der Waals surface area (Å²) in [4.78, 5) is 4.15. The minimum atomic E-state index is 0.232. The van der Waals surface area contributed by atoms with E-state index in [0.29, 0.717) is 12.0 Å². The quantitative estimate of drug-likeness (QED) is 0.904. The molecule has 2 heterocycles. The summed E-state index contributed by atoms with van der Waals surface area (Å²) in [6.07, 6.45) is 9.82. The molecule has 0 amide bonds. The zero-order valence-electron chi connectivity index (χ0n) is 13.1. The number of nitrogens with one attached hydrogen (secondary N) is 1. The van der Waals surface area contributed by atoms with Crippen LogP contribution in [0.5, 0.6) is 5.88 Å². The number of hydrogen-bond acceptors (Lipinski definition) is 4. The van der Waals surface area contributed by atoms with Crippen LogP contribution >= 0.6 is 0 Å². The van der Waals surface area contributed by atoms with Gasteiger partial charge in [0.05, 0.1) is 18.8 Å². The zero-order valence-corrected chi connectivity index (χ0v) is 13.1. The third-order valence-corrected chi connectivity index (χ3v) is 4.97. The Bertz CT molecular complexity index is 472. The van der Waals surface area contributed by atoms with Crippen LogP contribution in [0.4, 0.5) is 0 Å². The third-order valence-electron chi connectivity index (χ3n) is 4.97. The first-order valence-corrected chi connectivity index (χ1v) is 8.12. The number of hydrogen-bond donors (Lipinski definition) is 1. The van der Waals surface area contributed by atoms with Crippen molar-refractivity contribution in [3.05, 3.63) is 23.9 Å². The fourth-order valence-corrected chi connectivity index (χ4v) is 3.66. The molecule has 2 atom stereocenters. The maximum Gasteiger partial charge on any atom is 0.213 e. The summed E-state index contributed by atoms with van der Waals surface area (Å²) in [7, 11) is 1.65. The minimum absolute atomic E-state index is 0.232. The van der Waals surface area contributed by atoms with Crippen molar-refractivity contribution in [3.8, 4) is 5.88 Å². The molecule has 0 bridgehead atoms. The fourth-order valence-electron chi connectivity index (χ4n) is 3.66. The molecule has 0 aromatic carbocycles. The summed E-state index contributed by atoms with van der Waals surface area (Å²) in [6, 6.07) is 4.31. The molecule has 1 saturated heterocycles. The highest BCUT2D eigenvalue weighted by atomic mass is 16.5. The van der Waals surface area contributed by atoms with Gasteiger partial charge in [0.15, 0.2) is 0 Å². The van der Waals surface area contributed by atoms with Crippen molar-refractivity contribution < 1.29 is 9.47 Å². The maximum absolute atomic E-state index is 6.34. The SMILES string of the molecule is COc1cc(C(C)NCC2CCC3(CCCC3)O2)ccn1. The van der Waals surface area contributed by atoms with Crippen LogP contribution in [-0.2, 0) is 4.74 Å². The number of nitrogens with zero attached hydrogens (tertiary/aromatic N) is 1. The fraction of sp³-hybridized carbons (Fsp3) is 0.706. The van der Waals surface area contributed by atoms with Gasteiger partial charge in [-0.3, -0.25) is 0 Å². The summed E-state index contributed by atoms with van der Waals surface area (Å²) >= 11 is 0. The molecule has 0 radical (unpaired) electrons. The molecule has 1 aromatic heterocycles. The maximum atomic E-state index is 6.34. The van der Waals surface area contributed by atoms with Crippen LogP contribution in [0.15, 0.2) is 18.3 Å². The van der Waals surface area contributed by atoms with Crippen LogP contribution in [0, 0.1) is 0 Å². The highest BCUT2D eigenvalue weighted by Gasteiger charge is 2.41. The molecule has 2 unspecified atom stereocenters. The van der Waals surface area contributed by atoms with Gasteiger partial charge in [-0.2, -0.15) is 0 Å². The molecule has 1 N–H and O–H groups in total. The molecular weight excluding hydrogens is 264 g/mol. The van der Waals surface area contributed by atoms with Gasteiger partial charge in [0, 0.05) is 24.8 Å². The van der Waals surface area contributed by atoms with Crippen molar-refractivity contribution in [3.63, 3.8) is 0 Å². The van der Waals surface area contributed by atoms with Crippen LogP contribution in [-0.4, -0.2) is 30.3 Å². The van der Waals surface area contributed by atoms with E-state index in [4.69, 9.17) is 9.47 Å². The number of ether oxygens (including phenoxy) is 2. The summed E-state index contributed by atoms with van der Waals surface area (Å²) in [5.74, 6) is 0.670. The summed E-state index contributed by atoms with van der Waals surface area (Å²) in [5.41, 5.74) is 1.44. The largest absolute Gasteiger partial charge is 0.481 e. The molecule has 2 aliphatic rings. The van der Waals surface area contributed by atoms with Gasteiger partial charge in [0.1, 0.15) is 0 Å². The molecule has 4 heteroatoms. The number of aromatic nitrogens is 1. The minimum Gasteiger partial charge on any atom is -0.481 e. The molecule has 1 aliphatic carbocycles. The van der Waals surface area contributed by atoms with Gasteiger partial charge in [-0.1, -0.05) is 12.8 Å². The van der Waals surface area contributed by atoms with Gasteiger partial charge in [0.2, 0.25) is 5.88 Å². The van der Waals surface area contributed by atoms with Gasteiger partial charge >= 0.3 is 0 Å². The second-order valence-electron chi connectivity index (χ2n) is 6.43. The van der Waals surface area contributed by atoms with Crippen molar-refractivity contribution in [1.29, 1.82) is 0 Å². The van der Waals surface area contributed by atoms with Gasteiger partial charge in [-0.15, -0.1) is 0 Å². The number of pyridine rings is 1. The van der Waals surface area contributed by atoms with E-state index in [1.165, 1.54) is 44.1 Å². The third kappa shape index (κ3) is 3.38. The highest BCUT2D eigenvalue weighted by molar-refractivity contribution is 5.23. The van der Waals surface area contributed by atoms with Gasteiger partial charge < -0.3 is 14.8 Å². The Morgan fingerprint density at radius 2 is 2.24 bits per heavy atom. The second-order valence-corrected chi connectivity index (χ2v) is 6.43. The first-order chi connectivity index (χ1) is 10.2. The Morgan fingerprint density at radius 1 is 1.43 bits per heavy atom. The Morgan fingerprint density at radius 3 is 3.00 bits per heavy atom. The van der Waals surface area contributed by atoms with Crippen molar-refractivity contribution in [1.82, 2.24) is 10.3 Å². The molecule has 116 valence electrons. The van der Waals surface area contributed by atoms with Crippen LogP contribution in [0.25, 0.3) is 0 Å². The van der Waals surface area contributed by atoms with Crippen LogP contribution in [0.1, 0.15) is 57.1 Å². The van der Waals surface area contributed by atoms with E-state index in [1.807, 2.05) is 12.1 Å². The lowest BCUT2D eigenvalue weighted by Gasteiger charge is -2.24. The van der Waals surface area contributed by atoms with Crippen molar-refractivity contribution in [2.75, 3.05) is 13.7 Å². The first-order valence-electron chi connectivity index (χ1n) is 8.12. The molecule has 1 spiro atoms. The van der Waals surface area contributed by atoms with E-state index >= 15 is 0 Å². The molecule has 2 fully saturated rings. The first kappa shape index (κ1) is 14.8. The summed E-state index contributed by atoms with van der Waals surface area (Å²) in [5, 5.41) is 3.59. The lowest BCUT2D eigenvalue weighted by molar-refractivity contribution is -0.0357. The van der Waals surface area contributed by atoms with E-state index in [-0.39, 0.29) is 11.6 Å². The van der Waals surface area contributed by atoms with Gasteiger partial charge in [-0.25, -0.2) is 4.98 Å². The van der Waals surface area contributed by atoms with Crippen molar-refractivity contribution in [2.45, 2.75) is 63.2 Å². The summed E-state index contributed by atoms with van der Waals surface area (Å²) < 4.78 is 11.5. The average Bonchev–Trinajstić information content (AvgIpc) is 3.15. The van der Waals surface area contributed by atoms with E-state index in [9.17, 15) is 0 Å². The van der Waals surface area contributed by atoms with Gasteiger partial charge in [0.25, 0.3) is 0 Å². The second kappa shape index (κ2) is 6.32. The highest BCUT2D eigenvalue weighted by Crippen LogP contribution is 2.43. The predicted octanol–water partition coefficient (Wildman–Crippen LogP) is 3.23. The molecular formula is C17H26N2O2.